The Kier molecular flexibility index (Phi) is 4.25. The van der Waals surface area contributed by atoms with Crippen LogP contribution in [0.1, 0.15) is 24.5 Å². The summed E-state index contributed by atoms with van der Waals surface area (Å²) in [4.78, 5) is 0. The van der Waals surface area contributed by atoms with E-state index in [9.17, 15) is 0 Å². The average Bonchev–Trinajstić information content (AvgIpc) is 2.37. The summed E-state index contributed by atoms with van der Waals surface area (Å²) in [7, 11) is -1.46. The molecule has 98 valence electrons. The third kappa shape index (κ3) is 4.00. The van der Waals surface area contributed by atoms with Gasteiger partial charge >= 0.3 is 0 Å². The van der Waals surface area contributed by atoms with Crippen LogP contribution in [0.4, 0.5) is 0 Å². The maximum absolute atomic E-state index is 5.87. The predicted molar refractivity (Wildman–Crippen MR) is 76.9 cm³/mol. The van der Waals surface area contributed by atoms with Crippen molar-refractivity contribution < 1.29 is 9.16 Å². The highest BCUT2D eigenvalue weighted by Crippen LogP contribution is 2.31. The molecule has 2 rings (SSSR count). The first kappa shape index (κ1) is 13.4. The van der Waals surface area contributed by atoms with E-state index in [0.717, 1.165) is 19.4 Å². The lowest BCUT2D eigenvalue weighted by atomic mass is 9.98. The summed E-state index contributed by atoms with van der Waals surface area (Å²) in [5.74, 6) is 0. The number of ether oxygens (including phenoxy) is 1. The van der Waals surface area contributed by atoms with Gasteiger partial charge in [0.2, 0.25) is 8.32 Å². The van der Waals surface area contributed by atoms with Crippen molar-refractivity contribution in [2.75, 3.05) is 6.61 Å². The molecule has 18 heavy (non-hydrogen) atoms. The summed E-state index contributed by atoms with van der Waals surface area (Å²) in [5, 5.41) is 0. The number of benzene rings is 1. The van der Waals surface area contributed by atoms with E-state index in [-0.39, 0.29) is 6.10 Å². The molecule has 1 atom stereocenters. The monoisotopic (exact) mass is 262 g/mol. The molecule has 0 saturated carbocycles. The topological polar surface area (TPSA) is 18.5 Å². The minimum Gasteiger partial charge on any atom is -0.550 e. The van der Waals surface area contributed by atoms with Gasteiger partial charge in [0.25, 0.3) is 0 Å². The SMILES string of the molecule is C[Si](C)(C)O/C=C1/CCOC(c2ccccc2)C1. The van der Waals surface area contributed by atoms with Gasteiger partial charge in [-0.2, -0.15) is 0 Å². The summed E-state index contributed by atoms with van der Waals surface area (Å²) in [6.45, 7) is 7.41. The molecule has 1 aliphatic heterocycles. The first-order valence-corrected chi connectivity index (χ1v) is 9.98. The number of hydrogen-bond donors (Lipinski definition) is 0. The van der Waals surface area contributed by atoms with Crippen LogP contribution in [0.25, 0.3) is 0 Å². The molecule has 0 bridgehead atoms. The minimum atomic E-state index is -1.46. The van der Waals surface area contributed by atoms with Gasteiger partial charge in [-0.15, -0.1) is 0 Å². The van der Waals surface area contributed by atoms with Crippen molar-refractivity contribution in [2.24, 2.45) is 0 Å². The molecule has 1 heterocycles. The van der Waals surface area contributed by atoms with E-state index in [1.807, 2.05) is 12.3 Å². The lowest BCUT2D eigenvalue weighted by Gasteiger charge is -2.26. The molecule has 1 aromatic carbocycles. The smallest absolute Gasteiger partial charge is 0.241 e. The molecule has 0 amide bonds. The number of rotatable bonds is 3. The van der Waals surface area contributed by atoms with Crippen molar-refractivity contribution in [2.45, 2.75) is 38.6 Å². The summed E-state index contributed by atoms with van der Waals surface area (Å²) in [6.07, 6.45) is 4.13. The van der Waals surface area contributed by atoms with Crippen LogP contribution in [0.5, 0.6) is 0 Å². The highest BCUT2D eigenvalue weighted by molar-refractivity contribution is 6.69. The minimum absolute atomic E-state index is 0.191. The third-order valence-corrected chi connectivity index (χ3v) is 3.77. The number of hydrogen-bond acceptors (Lipinski definition) is 2. The van der Waals surface area contributed by atoms with Crippen molar-refractivity contribution in [1.29, 1.82) is 0 Å². The van der Waals surface area contributed by atoms with Crippen molar-refractivity contribution in [1.82, 2.24) is 0 Å². The molecule has 0 spiro atoms. The molecule has 1 aromatic rings. The molecule has 1 aliphatic rings. The fourth-order valence-electron chi connectivity index (χ4n) is 1.98. The Morgan fingerprint density at radius 2 is 1.94 bits per heavy atom. The van der Waals surface area contributed by atoms with E-state index in [1.165, 1.54) is 11.1 Å². The Morgan fingerprint density at radius 1 is 1.22 bits per heavy atom. The van der Waals surface area contributed by atoms with Crippen LogP contribution in [0, 0.1) is 0 Å². The quantitative estimate of drug-likeness (QED) is 0.598. The largest absolute Gasteiger partial charge is 0.550 e. The van der Waals surface area contributed by atoms with Crippen LogP contribution in [-0.4, -0.2) is 14.9 Å². The maximum atomic E-state index is 5.87. The van der Waals surface area contributed by atoms with Crippen molar-refractivity contribution >= 4 is 8.32 Å². The van der Waals surface area contributed by atoms with Gasteiger partial charge in [-0.1, -0.05) is 30.3 Å². The molecule has 0 radical (unpaired) electrons. The van der Waals surface area contributed by atoms with Crippen LogP contribution in [-0.2, 0) is 9.16 Å². The van der Waals surface area contributed by atoms with Gasteiger partial charge in [0.05, 0.1) is 19.0 Å². The van der Waals surface area contributed by atoms with Gasteiger partial charge in [-0.05, 0) is 37.2 Å². The molecule has 1 fully saturated rings. The van der Waals surface area contributed by atoms with Crippen LogP contribution in [0.2, 0.25) is 19.6 Å². The Balaban J connectivity index is 2.01. The van der Waals surface area contributed by atoms with Gasteiger partial charge < -0.3 is 9.16 Å². The fourth-order valence-corrected chi connectivity index (χ4v) is 2.50. The first-order chi connectivity index (χ1) is 8.54. The second kappa shape index (κ2) is 5.72. The zero-order valence-electron chi connectivity index (χ0n) is 11.5. The molecule has 1 unspecified atom stereocenters. The van der Waals surface area contributed by atoms with E-state index in [4.69, 9.17) is 9.16 Å². The second-order valence-electron chi connectivity index (χ2n) is 5.73. The van der Waals surface area contributed by atoms with E-state index in [2.05, 4.69) is 43.9 Å². The normalized spacial score (nSPS) is 23.1. The predicted octanol–water partition coefficient (Wildman–Crippen LogP) is 4.27. The highest BCUT2D eigenvalue weighted by atomic mass is 28.4. The second-order valence-corrected chi connectivity index (χ2v) is 10.2. The molecule has 0 N–H and O–H groups in total. The van der Waals surface area contributed by atoms with Gasteiger partial charge in [0.15, 0.2) is 0 Å². The lowest BCUT2D eigenvalue weighted by molar-refractivity contribution is 0.0340. The molecule has 0 aromatic heterocycles. The van der Waals surface area contributed by atoms with E-state index in [0.29, 0.717) is 0 Å². The Labute approximate surface area is 111 Å². The van der Waals surface area contributed by atoms with Crippen LogP contribution < -0.4 is 0 Å². The van der Waals surface area contributed by atoms with E-state index in [1.54, 1.807) is 0 Å². The first-order valence-electron chi connectivity index (χ1n) is 6.57. The Hall–Kier alpha value is -1.06. The standard InChI is InChI=1S/C15H22O2Si/c1-18(2,3)17-12-13-9-10-16-15(11-13)14-7-5-4-6-8-14/h4-8,12,15H,9-11H2,1-3H3/b13-12-. The van der Waals surface area contributed by atoms with Crippen LogP contribution in [0.3, 0.4) is 0 Å². The van der Waals surface area contributed by atoms with Crippen LogP contribution in [0.15, 0.2) is 42.2 Å². The summed E-state index contributed by atoms with van der Waals surface area (Å²) in [5.41, 5.74) is 2.63. The molecular formula is C15H22O2Si. The maximum Gasteiger partial charge on any atom is 0.241 e. The molecule has 1 saturated heterocycles. The van der Waals surface area contributed by atoms with Crippen molar-refractivity contribution in [3.8, 4) is 0 Å². The van der Waals surface area contributed by atoms with E-state index >= 15 is 0 Å². The Bertz CT molecular complexity index is 406. The van der Waals surface area contributed by atoms with Crippen molar-refractivity contribution in [3.63, 3.8) is 0 Å². The van der Waals surface area contributed by atoms with Gasteiger partial charge in [0.1, 0.15) is 0 Å². The molecular weight excluding hydrogens is 240 g/mol. The summed E-state index contributed by atoms with van der Waals surface area (Å²) >= 11 is 0. The Morgan fingerprint density at radius 3 is 2.61 bits per heavy atom. The molecule has 3 heteroatoms. The highest BCUT2D eigenvalue weighted by Gasteiger charge is 2.20. The average molecular weight is 262 g/mol. The third-order valence-electron chi connectivity index (χ3n) is 2.94. The van der Waals surface area contributed by atoms with Gasteiger partial charge in [0, 0.05) is 6.42 Å². The fraction of sp³-hybridized carbons (Fsp3) is 0.467. The van der Waals surface area contributed by atoms with E-state index < -0.39 is 8.32 Å². The molecule has 2 nitrogen and oxygen atoms in total. The molecule has 0 aliphatic carbocycles. The summed E-state index contributed by atoms with van der Waals surface area (Å²) in [6, 6.07) is 10.4. The zero-order valence-corrected chi connectivity index (χ0v) is 12.5. The van der Waals surface area contributed by atoms with Gasteiger partial charge in [-0.25, -0.2) is 0 Å². The summed E-state index contributed by atoms with van der Waals surface area (Å²) < 4.78 is 11.7. The zero-order chi connectivity index (χ0) is 13.0. The van der Waals surface area contributed by atoms with Crippen molar-refractivity contribution in [3.05, 3.63) is 47.7 Å². The van der Waals surface area contributed by atoms with Gasteiger partial charge in [-0.3, -0.25) is 0 Å². The lowest BCUT2D eigenvalue weighted by Crippen LogP contribution is -2.23. The van der Waals surface area contributed by atoms with Crippen LogP contribution >= 0.6 is 0 Å².